The molecule has 0 aromatic heterocycles. The van der Waals surface area contributed by atoms with E-state index in [2.05, 4.69) is 15.9 Å². The standard InChI is InChI=1S/C15H15BrFNO/c1-2-19-13-9-4-3-6-10(13)15(18)11-7-5-8-12(17)14(11)16/h3-9,15H,2,18H2,1H3. The minimum Gasteiger partial charge on any atom is -0.494 e. The van der Waals surface area contributed by atoms with Crippen molar-refractivity contribution >= 4 is 15.9 Å². The van der Waals surface area contributed by atoms with Crippen LogP contribution in [0, 0.1) is 5.82 Å². The minimum atomic E-state index is -0.437. The first-order valence-corrected chi connectivity index (χ1v) is 6.85. The Morgan fingerprint density at radius 2 is 1.84 bits per heavy atom. The molecule has 2 rings (SSSR count). The van der Waals surface area contributed by atoms with Gasteiger partial charge in [-0.15, -0.1) is 0 Å². The topological polar surface area (TPSA) is 35.2 Å². The summed E-state index contributed by atoms with van der Waals surface area (Å²) in [6.07, 6.45) is 0. The zero-order chi connectivity index (χ0) is 13.8. The SMILES string of the molecule is CCOc1ccccc1C(N)c1cccc(F)c1Br. The fourth-order valence-corrected chi connectivity index (χ4v) is 2.46. The molecule has 0 heterocycles. The van der Waals surface area contributed by atoms with Crippen LogP contribution in [0.15, 0.2) is 46.9 Å². The Morgan fingerprint density at radius 1 is 1.16 bits per heavy atom. The van der Waals surface area contributed by atoms with Crippen LogP contribution in [-0.4, -0.2) is 6.61 Å². The molecule has 0 fully saturated rings. The van der Waals surface area contributed by atoms with Crippen molar-refractivity contribution in [2.45, 2.75) is 13.0 Å². The van der Waals surface area contributed by atoms with Gasteiger partial charge in [0.2, 0.25) is 0 Å². The van der Waals surface area contributed by atoms with Gasteiger partial charge >= 0.3 is 0 Å². The van der Waals surface area contributed by atoms with E-state index >= 15 is 0 Å². The zero-order valence-corrected chi connectivity index (χ0v) is 12.2. The summed E-state index contributed by atoms with van der Waals surface area (Å²) in [6.45, 7) is 2.48. The highest BCUT2D eigenvalue weighted by molar-refractivity contribution is 9.10. The van der Waals surface area contributed by atoms with Gasteiger partial charge in [0.05, 0.1) is 17.1 Å². The molecule has 0 saturated heterocycles. The second-order valence-electron chi connectivity index (χ2n) is 4.09. The first-order chi connectivity index (χ1) is 9.15. The number of halogens is 2. The zero-order valence-electron chi connectivity index (χ0n) is 10.6. The number of benzene rings is 2. The number of rotatable bonds is 4. The van der Waals surface area contributed by atoms with E-state index in [0.29, 0.717) is 16.6 Å². The maximum Gasteiger partial charge on any atom is 0.137 e. The first kappa shape index (κ1) is 14.0. The molecule has 2 nitrogen and oxygen atoms in total. The maximum absolute atomic E-state index is 13.6. The normalized spacial score (nSPS) is 12.2. The van der Waals surface area contributed by atoms with Crippen molar-refractivity contribution in [3.05, 3.63) is 63.9 Å². The molecular weight excluding hydrogens is 309 g/mol. The van der Waals surface area contributed by atoms with Gasteiger partial charge in [0, 0.05) is 5.56 Å². The summed E-state index contributed by atoms with van der Waals surface area (Å²) >= 11 is 3.25. The summed E-state index contributed by atoms with van der Waals surface area (Å²) in [7, 11) is 0. The van der Waals surface area contributed by atoms with Gasteiger partial charge in [-0.1, -0.05) is 30.3 Å². The molecule has 19 heavy (non-hydrogen) atoms. The molecule has 2 aromatic rings. The highest BCUT2D eigenvalue weighted by Crippen LogP contribution is 2.33. The van der Waals surface area contributed by atoms with E-state index in [1.807, 2.05) is 31.2 Å². The fraction of sp³-hybridized carbons (Fsp3) is 0.200. The van der Waals surface area contributed by atoms with E-state index in [4.69, 9.17) is 10.5 Å². The summed E-state index contributed by atoms with van der Waals surface area (Å²) in [5.41, 5.74) is 7.78. The van der Waals surface area contributed by atoms with Gasteiger partial charge in [-0.05, 0) is 40.5 Å². The van der Waals surface area contributed by atoms with E-state index in [9.17, 15) is 4.39 Å². The third-order valence-corrected chi connectivity index (χ3v) is 3.71. The van der Waals surface area contributed by atoms with E-state index < -0.39 is 6.04 Å². The molecule has 2 N–H and O–H groups in total. The van der Waals surface area contributed by atoms with Crippen LogP contribution in [-0.2, 0) is 0 Å². The predicted octanol–water partition coefficient (Wildman–Crippen LogP) is 4.04. The van der Waals surface area contributed by atoms with Gasteiger partial charge in [-0.25, -0.2) is 4.39 Å². The Hall–Kier alpha value is -1.39. The molecule has 1 atom stereocenters. The van der Waals surface area contributed by atoms with Crippen molar-refractivity contribution < 1.29 is 9.13 Å². The van der Waals surface area contributed by atoms with Crippen LogP contribution in [0.1, 0.15) is 24.1 Å². The van der Waals surface area contributed by atoms with Gasteiger partial charge in [-0.3, -0.25) is 0 Å². The van der Waals surface area contributed by atoms with E-state index in [1.54, 1.807) is 12.1 Å². The quantitative estimate of drug-likeness (QED) is 0.921. The number of para-hydroxylation sites is 1. The highest BCUT2D eigenvalue weighted by atomic mass is 79.9. The van der Waals surface area contributed by atoms with Crippen molar-refractivity contribution in [2.75, 3.05) is 6.61 Å². The number of ether oxygens (including phenoxy) is 1. The third-order valence-electron chi connectivity index (χ3n) is 2.87. The van der Waals surface area contributed by atoms with Crippen LogP contribution in [0.4, 0.5) is 4.39 Å². The molecule has 4 heteroatoms. The molecule has 0 radical (unpaired) electrons. The second-order valence-corrected chi connectivity index (χ2v) is 4.88. The number of nitrogens with two attached hydrogens (primary N) is 1. The molecule has 2 aromatic carbocycles. The van der Waals surface area contributed by atoms with Gasteiger partial charge < -0.3 is 10.5 Å². The molecule has 0 aliphatic rings. The van der Waals surface area contributed by atoms with Crippen LogP contribution >= 0.6 is 15.9 Å². The Labute approximate surface area is 120 Å². The van der Waals surface area contributed by atoms with Gasteiger partial charge in [0.25, 0.3) is 0 Å². The summed E-state index contributed by atoms with van der Waals surface area (Å²) in [4.78, 5) is 0. The Morgan fingerprint density at radius 3 is 2.58 bits per heavy atom. The fourth-order valence-electron chi connectivity index (χ4n) is 1.95. The lowest BCUT2D eigenvalue weighted by atomic mass is 9.98. The smallest absolute Gasteiger partial charge is 0.137 e. The van der Waals surface area contributed by atoms with Crippen LogP contribution in [0.2, 0.25) is 0 Å². The molecule has 0 aliphatic carbocycles. The van der Waals surface area contributed by atoms with Crippen LogP contribution in [0.3, 0.4) is 0 Å². The predicted molar refractivity (Wildman–Crippen MR) is 77.7 cm³/mol. The lowest BCUT2D eigenvalue weighted by molar-refractivity contribution is 0.335. The summed E-state index contributed by atoms with van der Waals surface area (Å²) < 4.78 is 19.5. The molecular formula is C15H15BrFNO. The average Bonchev–Trinajstić information content (AvgIpc) is 2.42. The molecule has 0 saturated carbocycles. The molecule has 0 spiro atoms. The molecule has 0 aliphatic heterocycles. The second kappa shape index (κ2) is 6.17. The maximum atomic E-state index is 13.6. The number of hydrogen-bond donors (Lipinski definition) is 1. The van der Waals surface area contributed by atoms with Crippen molar-refractivity contribution in [2.24, 2.45) is 5.73 Å². The summed E-state index contributed by atoms with van der Waals surface area (Å²) in [5.74, 6) is 0.413. The van der Waals surface area contributed by atoms with Crippen molar-refractivity contribution in [1.82, 2.24) is 0 Å². The third kappa shape index (κ3) is 2.96. The van der Waals surface area contributed by atoms with Crippen molar-refractivity contribution in [1.29, 1.82) is 0 Å². The Bertz CT molecular complexity index is 574. The first-order valence-electron chi connectivity index (χ1n) is 6.06. The number of hydrogen-bond acceptors (Lipinski definition) is 2. The molecule has 0 bridgehead atoms. The van der Waals surface area contributed by atoms with Gasteiger partial charge in [0.15, 0.2) is 0 Å². The molecule has 0 amide bonds. The lowest BCUT2D eigenvalue weighted by Gasteiger charge is -2.18. The lowest BCUT2D eigenvalue weighted by Crippen LogP contribution is -2.14. The van der Waals surface area contributed by atoms with Crippen LogP contribution < -0.4 is 10.5 Å². The highest BCUT2D eigenvalue weighted by Gasteiger charge is 2.17. The van der Waals surface area contributed by atoms with E-state index in [-0.39, 0.29) is 5.82 Å². The van der Waals surface area contributed by atoms with Crippen molar-refractivity contribution in [3.8, 4) is 5.75 Å². The van der Waals surface area contributed by atoms with E-state index in [0.717, 1.165) is 11.3 Å². The van der Waals surface area contributed by atoms with Crippen LogP contribution in [0.25, 0.3) is 0 Å². The van der Waals surface area contributed by atoms with Gasteiger partial charge in [0.1, 0.15) is 11.6 Å². The van der Waals surface area contributed by atoms with Crippen LogP contribution in [0.5, 0.6) is 5.75 Å². The Kier molecular flexibility index (Phi) is 4.56. The summed E-state index contributed by atoms with van der Waals surface area (Å²) in [5, 5.41) is 0. The average molecular weight is 324 g/mol. The van der Waals surface area contributed by atoms with Crippen molar-refractivity contribution in [3.63, 3.8) is 0 Å². The molecule has 100 valence electrons. The summed E-state index contributed by atoms with van der Waals surface area (Å²) in [6, 6.07) is 12.0. The van der Waals surface area contributed by atoms with E-state index in [1.165, 1.54) is 6.07 Å². The molecule has 1 unspecified atom stereocenters. The minimum absolute atomic E-state index is 0.318. The van der Waals surface area contributed by atoms with Gasteiger partial charge in [-0.2, -0.15) is 0 Å². The Balaban J connectivity index is 2.44. The monoisotopic (exact) mass is 323 g/mol. The largest absolute Gasteiger partial charge is 0.494 e.